The molecule has 1 aromatic heterocycles. The number of nitrogens with two attached hydrogens (primary N) is 1. The van der Waals surface area contributed by atoms with Crippen LogP contribution in [0.3, 0.4) is 0 Å². The van der Waals surface area contributed by atoms with Crippen molar-refractivity contribution < 1.29 is 4.74 Å². The first-order chi connectivity index (χ1) is 8.60. The van der Waals surface area contributed by atoms with E-state index >= 15 is 0 Å². The van der Waals surface area contributed by atoms with Gasteiger partial charge in [-0.25, -0.2) is 0 Å². The molecule has 4 nitrogen and oxygen atoms in total. The topological polar surface area (TPSA) is 53.1 Å². The Kier molecular flexibility index (Phi) is 4.04. The fraction of sp³-hybridized carbons (Fsp3) is 0.308. The van der Waals surface area contributed by atoms with E-state index in [1.165, 1.54) is 0 Å². The summed E-state index contributed by atoms with van der Waals surface area (Å²) < 4.78 is 8.13. The van der Waals surface area contributed by atoms with Crippen LogP contribution in [0.1, 0.15) is 17.2 Å². The highest BCUT2D eigenvalue weighted by molar-refractivity contribution is 9.10. The molecule has 1 unspecified atom stereocenters. The Bertz CT molecular complexity index is 539. The predicted molar refractivity (Wildman–Crippen MR) is 74.5 cm³/mol. The van der Waals surface area contributed by atoms with Crippen molar-refractivity contribution in [1.29, 1.82) is 0 Å². The maximum absolute atomic E-state index is 6.19. The number of hydrogen-bond acceptors (Lipinski definition) is 3. The Morgan fingerprint density at radius 2 is 2.28 bits per heavy atom. The van der Waals surface area contributed by atoms with Gasteiger partial charge in [-0.3, -0.25) is 4.68 Å². The van der Waals surface area contributed by atoms with E-state index in [4.69, 9.17) is 10.5 Å². The molecule has 2 N–H and O–H groups in total. The van der Waals surface area contributed by atoms with Gasteiger partial charge in [0.25, 0.3) is 0 Å². The molecule has 0 spiro atoms. The molecule has 0 bridgehead atoms. The van der Waals surface area contributed by atoms with E-state index in [2.05, 4.69) is 21.0 Å². The first-order valence-electron chi connectivity index (χ1n) is 5.66. The van der Waals surface area contributed by atoms with E-state index in [0.717, 1.165) is 21.3 Å². The van der Waals surface area contributed by atoms with Gasteiger partial charge in [0.2, 0.25) is 0 Å². The molecule has 1 heterocycles. The summed E-state index contributed by atoms with van der Waals surface area (Å²) in [7, 11) is 3.55. The van der Waals surface area contributed by atoms with E-state index < -0.39 is 0 Å². The standard InChI is InChI=1S/C13H16BrN3O/c1-17-8-10(7-16-17)12(15)6-9-5-11(14)3-4-13(9)18-2/h3-5,7-8,12H,6,15H2,1-2H3. The zero-order chi connectivity index (χ0) is 13.1. The molecule has 5 heteroatoms. The average Bonchev–Trinajstić information content (AvgIpc) is 2.76. The van der Waals surface area contributed by atoms with Gasteiger partial charge in [-0.2, -0.15) is 5.10 Å². The molecule has 2 aromatic rings. The van der Waals surface area contributed by atoms with E-state index in [1.807, 2.05) is 31.4 Å². The van der Waals surface area contributed by atoms with E-state index in [9.17, 15) is 0 Å². The molecular weight excluding hydrogens is 294 g/mol. The lowest BCUT2D eigenvalue weighted by atomic mass is 10.0. The third-order valence-electron chi connectivity index (χ3n) is 2.84. The van der Waals surface area contributed by atoms with Crippen molar-refractivity contribution in [2.24, 2.45) is 12.8 Å². The predicted octanol–water partition coefficient (Wildman–Crippen LogP) is 2.43. The van der Waals surface area contributed by atoms with E-state index in [0.29, 0.717) is 6.42 Å². The SMILES string of the molecule is COc1ccc(Br)cc1CC(N)c1cnn(C)c1. The van der Waals surface area contributed by atoms with Gasteiger partial charge < -0.3 is 10.5 Å². The number of halogens is 1. The maximum atomic E-state index is 6.19. The number of hydrogen-bond donors (Lipinski definition) is 1. The fourth-order valence-corrected chi connectivity index (χ4v) is 2.30. The minimum absolute atomic E-state index is 0.0816. The molecular formula is C13H16BrN3O. The number of nitrogens with zero attached hydrogens (tertiary/aromatic N) is 2. The van der Waals surface area contributed by atoms with Gasteiger partial charge in [-0.15, -0.1) is 0 Å². The first kappa shape index (κ1) is 13.1. The number of aromatic nitrogens is 2. The molecule has 2 rings (SSSR count). The second-order valence-electron chi connectivity index (χ2n) is 4.21. The van der Waals surface area contributed by atoms with Crippen LogP contribution in [0.25, 0.3) is 0 Å². The Balaban J connectivity index is 2.20. The van der Waals surface area contributed by atoms with Crippen molar-refractivity contribution in [3.8, 4) is 5.75 Å². The van der Waals surface area contributed by atoms with Crippen LogP contribution < -0.4 is 10.5 Å². The Labute approximate surface area is 115 Å². The minimum Gasteiger partial charge on any atom is -0.496 e. The molecule has 1 atom stereocenters. The number of rotatable bonds is 4. The van der Waals surface area contributed by atoms with Crippen LogP contribution in [0.15, 0.2) is 35.1 Å². The van der Waals surface area contributed by atoms with Crippen LogP contribution in [-0.4, -0.2) is 16.9 Å². The summed E-state index contributed by atoms with van der Waals surface area (Å²) in [6, 6.07) is 5.85. The molecule has 0 saturated carbocycles. The lowest BCUT2D eigenvalue weighted by Gasteiger charge is -2.13. The minimum atomic E-state index is -0.0816. The monoisotopic (exact) mass is 309 g/mol. The molecule has 0 aliphatic heterocycles. The van der Waals surface area contributed by atoms with Crippen LogP contribution in [0.5, 0.6) is 5.75 Å². The van der Waals surface area contributed by atoms with E-state index in [-0.39, 0.29) is 6.04 Å². The summed E-state index contributed by atoms with van der Waals surface area (Å²) in [5.74, 6) is 0.859. The zero-order valence-corrected chi connectivity index (χ0v) is 12.0. The third-order valence-corrected chi connectivity index (χ3v) is 3.33. The molecule has 0 radical (unpaired) electrons. The molecule has 96 valence electrons. The lowest BCUT2D eigenvalue weighted by molar-refractivity contribution is 0.408. The molecule has 0 amide bonds. The molecule has 0 saturated heterocycles. The van der Waals surface area contributed by atoms with Crippen LogP contribution in [0.4, 0.5) is 0 Å². The van der Waals surface area contributed by atoms with Crippen molar-refractivity contribution in [2.75, 3.05) is 7.11 Å². The summed E-state index contributed by atoms with van der Waals surface area (Å²) in [5.41, 5.74) is 8.30. The van der Waals surface area contributed by atoms with Crippen molar-refractivity contribution in [3.63, 3.8) is 0 Å². The largest absolute Gasteiger partial charge is 0.496 e. The van der Waals surface area contributed by atoms with Crippen LogP contribution in [0, 0.1) is 0 Å². The normalized spacial score (nSPS) is 12.4. The Morgan fingerprint density at radius 3 is 2.89 bits per heavy atom. The Morgan fingerprint density at radius 1 is 1.50 bits per heavy atom. The number of methoxy groups -OCH3 is 1. The van der Waals surface area contributed by atoms with Crippen molar-refractivity contribution in [2.45, 2.75) is 12.5 Å². The van der Waals surface area contributed by atoms with Gasteiger partial charge in [0, 0.05) is 29.3 Å². The quantitative estimate of drug-likeness (QED) is 0.943. The van der Waals surface area contributed by atoms with Gasteiger partial charge in [-0.05, 0) is 30.2 Å². The zero-order valence-electron chi connectivity index (χ0n) is 10.4. The highest BCUT2D eigenvalue weighted by atomic mass is 79.9. The van der Waals surface area contributed by atoms with Crippen molar-refractivity contribution >= 4 is 15.9 Å². The summed E-state index contributed by atoms with van der Waals surface area (Å²) in [6.07, 6.45) is 4.46. The first-order valence-corrected chi connectivity index (χ1v) is 6.46. The van der Waals surface area contributed by atoms with Crippen LogP contribution in [0.2, 0.25) is 0 Å². The highest BCUT2D eigenvalue weighted by Crippen LogP contribution is 2.26. The molecule has 0 aliphatic rings. The molecule has 18 heavy (non-hydrogen) atoms. The van der Waals surface area contributed by atoms with Crippen molar-refractivity contribution in [1.82, 2.24) is 9.78 Å². The average molecular weight is 310 g/mol. The maximum Gasteiger partial charge on any atom is 0.122 e. The third kappa shape index (κ3) is 2.91. The second-order valence-corrected chi connectivity index (χ2v) is 5.13. The van der Waals surface area contributed by atoms with Crippen molar-refractivity contribution in [3.05, 3.63) is 46.2 Å². The number of aryl methyl sites for hydroxylation is 1. The molecule has 0 fully saturated rings. The van der Waals surface area contributed by atoms with Crippen LogP contribution in [-0.2, 0) is 13.5 Å². The highest BCUT2D eigenvalue weighted by Gasteiger charge is 2.12. The molecule has 1 aromatic carbocycles. The van der Waals surface area contributed by atoms with E-state index in [1.54, 1.807) is 18.0 Å². The fourth-order valence-electron chi connectivity index (χ4n) is 1.89. The van der Waals surface area contributed by atoms with Gasteiger partial charge in [0.05, 0.1) is 13.3 Å². The van der Waals surface area contributed by atoms with Gasteiger partial charge >= 0.3 is 0 Å². The summed E-state index contributed by atoms with van der Waals surface area (Å²) in [5, 5.41) is 4.14. The number of benzene rings is 1. The summed E-state index contributed by atoms with van der Waals surface area (Å²) in [6.45, 7) is 0. The van der Waals surface area contributed by atoms with Gasteiger partial charge in [0.1, 0.15) is 5.75 Å². The van der Waals surface area contributed by atoms with Gasteiger partial charge in [-0.1, -0.05) is 15.9 Å². The summed E-state index contributed by atoms with van der Waals surface area (Å²) in [4.78, 5) is 0. The number of ether oxygens (including phenoxy) is 1. The lowest BCUT2D eigenvalue weighted by Crippen LogP contribution is -2.13. The smallest absolute Gasteiger partial charge is 0.122 e. The Hall–Kier alpha value is -1.33. The second kappa shape index (κ2) is 5.54. The van der Waals surface area contributed by atoms with Crippen LogP contribution >= 0.6 is 15.9 Å². The van der Waals surface area contributed by atoms with Gasteiger partial charge in [0.15, 0.2) is 0 Å². The molecule has 0 aliphatic carbocycles. The summed E-state index contributed by atoms with van der Waals surface area (Å²) >= 11 is 3.46.